The van der Waals surface area contributed by atoms with Crippen molar-refractivity contribution in [2.45, 2.75) is 25.6 Å². The second kappa shape index (κ2) is 4.98. The first-order valence-corrected chi connectivity index (χ1v) is 6.34. The third-order valence-electron chi connectivity index (χ3n) is 2.97. The van der Waals surface area contributed by atoms with Gasteiger partial charge in [0.25, 0.3) is 0 Å². The summed E-state index contributed by atoms with van der Waals surface area (Å²) in [6, 6.07) is 3.87. The van der Waals surface area contributed by atoms with Gasteiger partial charge in [-0.15, -0.1) is 0 Å². The lowest BCUT2D eigenvalue weighted by Crippen LogP contribution is -2.18. The largest absolute Gasteiger partial charge is 0.416 e. The molecule has 94 valence electrons. The highest BCUT2D eigenvalue weighted by molar-refractivity contribution is 9.10. The number of hydrogen-bond acceptors (Lipinski definition) is 1. The van der Waals surface area contributed by atoms with Crippen LogP contribution in [0.3, 0.4) is 0 Å². The van der Waals surface area contributed by atoms with Gasteiger partial charge in [-0.25, -0.2) is 0 Å². The van der Waals surface area contributed by atoms with Crippen LogP contribution in [-0.4, -0.2) is 18.0 Å². The molecule has 1 aliphatic rings. The van der Waals surface area contributed by atoms with Crippen molar-refractivity contribution in [2.24, 2.45) is 0 Å². The summed E-state index contributed by atoms with van der Waals surface area (Å²) in [5, 5.41) is 0. The molecule has 0 N–H and O–H groups in total. The molecular weight excluding hydrogens is 295 g/mol. The highest BCUT2D eigenvalue weighted by atomic mass is 79.9. The first-order valence-electron chi connectivity index (χ1n) is 5.55. The third kappa shape index (κ3) is 3.22. The molecule has 0 atom stereocenters. The van der Waals surface area contributed by atoms with Crippen LogP contribution in [0.4, 0.5) is 13.2 Å². The summed E-state index contributed by atoms with van der Waals surface area (Å²) < 4.78 is 38.0. The molecule has 1 aliphatic heterocycles. The Morgan fingerprint density at radius 1 is 1.18 bits per heavy atom. The van der Waals surface area contributed by atoms with E-state index in [1.165, 1.54) is 12.8 Å². The van der Waals surface area contributed by atoms with Crippen molar-refractivity contribution in [2.75, 3.05) is 13.1 Å². The Balaban J connectivity index is 2.14. The van der Waals surface area contributed by atoms with E-state index < -0.39 is 11.7 Å². The standard InChI is InChI=1S/C12H13BrF3N/c13-11-7-10(12(14,15)16)4-3-9(11)8-17-5-1-2-6-17/h3-4,7H,1-2,5-6,8H2. The predicted octanol–water partition coefficient (Wildman–Crippen LogP) is 4.06. The molecule has 17 heavy (non-hydrogen) atoms. The van der Waals surface area contributed by atoms with Crippen molar-refractivity contribution in [1.82, 2.24) is 4.90 Å². The molecule has 2 rings (SSSR count). The lowest BCUT2D eigenvalue weighted by Gasteiger charge is -2.16. The Hall–Kier alpha value is -0.550. The van der Waals surface area contributed by atoms with E-state index in [4.69, 9.17) is 0 Å². The number of halogens is 4. The number of alkyl halides is 3. The molecule has 0 spiro atoms. The van der Waals surface area contributed by atoms with Gasteiger partial charge in [0.2, 0.25) is 0 Å². The Morgan fingerprint density at radius 2 is 1.82 bits per heavy atom. The summed E-state index contributed by atoms with van der Waals surface area (Å²) >= 11 is 3.22. The summed E-state index contributed by atoms with van der Waals surface area (Å²) in [4.78, 5) is 2.26. The maximum atomic E-state index is 12.5. The second-order valence-corrected chi connectivity index (χ2v) is 5.14. The first kappa shape index (κ1) is 12.9. The molecule has 0 unspecified atom stereocenters. The molecule has 1 fully saturated rings. The minimum atomic E-state index is -4.27. The van der Waals surface area contributed by atoms with Crippen molar-refractivity contribution in [3.63, 3.8) is 0 Å². The molecule has 1 nitrogen and oxygen atoms in total. The van der Waals surface area contributed by atoms with Gasteiger partial charge in [0.05, 0.1) is 5.56 Å². The monoisotopic (exact) mass is 307 g/mol. The van der Waals surface area contributed by atoms with Gasteiger partial charge in [0.1, 0.15) is 0 Å². The zero-order valence-electron chi connectivity index (χ0n) is 9.23. The van der Waals surface area contributed by atoms with Gasteiger partial charge in [-0.05, 0) is 43.6 Å². The van der Waals surface area contributed by atoms with Gasteiger partial charge in [-0.2, -0.15) is 13.2 Å². The maximum Gasteiger partial charge on any atom is 0.416 e. The van der Waals surface area contributed by atoms with E-state index in [0.29, 0.717) is 4.47 Å². The summed E-state index contributed by atoms with van der Waals surface area (Å²) in [7, 11) is 0. The van der Waals surface area contributed by atoms with E-state index in [1.807, 2.05) is 0 Å². The molecule has 5 heteroatoms. The lowest BCUT2D eigenvalue weighted by molar-refractivity contribution is -0.137. The van der Waals surface area contributed by atoms with Gasteiger partial charge in [-0.3, -0.25) is 4.90 Å². The quantitative estimate of drug-likeness (QED) is 0.796. The average molecular weight is 308 g/mol. The van der Waals surface area contributed by atoms with Gasteiger partial charge < -0.3 is 0 Å². The summed E-state index contributed by atoms with van der Waals surface area (Å²) in [6.07, 6.45) is -1.91. The molecule has 0 amide bonds. The van der Waals surface area contributed by atoms with Gasteiger partial charge >= 0.3 is 6.18 Å². The lowest BCUT2D eigenvalue weighted by atomic mass is 10.1. The van der Waals surface area contributed by atoms with Crippen molar-refractivity contribution >= 4 is 15.9 Å². The van der Waals surface area contributed by atoms with Crippen LogP contribution >= 0.6 is 15.9 Å². The summed E-state index contributed by atoms with van der Waals surface area (Å²) in [5.74, 6) is 0. The van der Waals surface area contributed by atoms with Crippen LogP contribution in [-0.2, 0) is 12.7 Å². The topological polar surface area (TPSA) is 3.24 Å². The zero-order valence-corrected chi connectivity index (χ0v) is 10.8. The van der Waals surface area contributed by atoms with Crippen LogP contribution in [0.2, 0.25) is 0 Å². The van der Waals surface area contributed by atoms with Crippen LogP contribution in [0.1, 0.15) is 24.0 Å². The Bertz CT molecular complexity index is 397. The SMILES string of the molecule is FC(F)(F)c1ccc(CN2CCCC2)c(Br)c1. The number of nitrogens with zero attached hydrogens (tertiary/aromatic N) is 1. The highest BCUT2D eigenvalue weighted by Gasteiger charge is 2.30. The van der Waals surface area contributed by atoms with Gasteiger partial charge in [-0.1, -0.05) is 22.0 Å². The average Bonchev–Trinajstić information content (AvgIpc) is 2.72. The minimum Gasteiger partial charge on any atom is -0.299 e. The van der Waals surface area contributed by atoms with Crippen LogP contribution in [0.25, 0.3) is 0 Å². The normalized spacial score (nSPS) is 17.6. The minimum absolute atomic E-state index is 0.541. The van der Waals surface area contributed by atoms with Crippen molar-refractivity contribution < 1.29 is 13.2 Å². The van der Waals surface area contributed by atoms with Crippen LogP contribution in [0.5, 0.6) is 0 Å². The fraction of sp³-hybridized carbons (Fsp3) is 0.500. The fourth-order valence-corrected chi connectivity index (χ4v) is 2.54. The molecule has 0 radical (unpaired) electrons. The van der Waals surface area contributed by atoms with Crippen molar-refractivity contribution in [1.29, 1.82) is 0 Å². The van der Waals surface area contributed by atoms with E-state index in [-0.39, 0.29) is 0 Å². The molecular formula is C12H13BrF3N. The smallest absolute Gasteiger partial charge is 0.299 e. The van der Waals surface area contributed by atoms with Crippen molar-refractivity contribution in [3.8, 4) is 0 Å². The number of hydrogen-bond donors (Lipinski definition) is 0. The van der Waals surface area contributed by atoms with Gasteiger partial charge in [0, 0.05) is 11.0 Å². The molecule has 0 aliphatic carbocycles. The molecule has 1 aromatic carbocycles. The molecule has 0 saturated carbocycles. The number of benzene rings is 1. The Morgan fingerprint density at radius 3 is 2.35 bits per heavy atom. The first-order chi connectivity index (χ1) is 7.97. The zero-order chi connectivity index (χ0) is 12.5. The second-order valence-electron chi connectivity index (χ2n) is 4.29. The van der Waals surface area contributed by atoms with Crippen molar-refractivity contribution in [3.05, 3.63) is 33.8 Å². The number of likely N-dealkylation sites (tertiary alicyclic amines) is 1. The van der Waals surface area contributed by atoms with Crippen LogP contribution in [0.15, 0.2) is 22.7 Å². The third-order valence-corrected chi connectivity index (χ3v) is 3.71. The van der Waals surface area contributed by atoms with Crippen LogP contribution in [0, 0.1) is 0 Å². The molecule has 0 aromatic heterocycles. The summed E-state index contributed by atoms with van der Waals surface area (Å²) in [6.45, 7) is 2.79. The van der Waals surface area contributed by atoms with E-state index in [0.717, 1.165) is 37.3 Å². The maximum absolute atomic E-state index is 12.5. The predicted molar refractivity (Wildman–Crippen MR) is 63.7 cm³/mol. The molecule has 1 heterocycles. The molecule has 1 saturated heterocycles. The molecule has 1 aromatic rings. The van der Waals surface area contributed by atoms with E-state index >= 15 is 0 Å². The van der Waals surface area contributed by atoms with Crippen LogP contribution < -0.4 is 0 Å². The Kier molecular flexibility index (Phi) is 3.78. The van der Waals surface area contributed by atoms with E-state index in [9.17, 15) is 13.2 Å². The Labute approximate surface area is 107 Å². The van der Waals surface area contributed by atoms with E-state index in [1.54, 1.807) is 6.07 Å². The van der Waals surface area contributed by atoms with Gasteiger partial charge in [0.15, 0.2) is 0 Å². The number of rotatable bonds is 2. The fourth-order valence-electron chi connectivity index (χ4n) is 2.03. The molecule has 0 bridgehead atoms. The highest BCUT2D eigenvalue weighted by Crippen LogP contribution is 2.32. The van der Waals surface area contributed by atoms with E-state index in [2.05, 4.69) is 20.8 Å². The summed E-state index contributed by atoms with van der Waals surface area (Å²) in [5.41, 5.74) is 0.314.